The van der Waals surface area contributed by atoms with E-state index in [-0.39, 0.29) is 0 Å². The second-order valence-electron chi connectivity index (χ2n) is 6.01. The Morgan fingerprint density at radius 2 is 2.19 bits per heavy atom. The zero-order valence-corrected chi connectivity index (χ0v) is 12.9. The van der Waals surface area contributed by atoms with Gasteiger partial charge >= 0.3 is 0 Å². The molecule has 2 N–H and O–H groups in total. The van der Waals surface area contributed by atoms with E-state index >= 15 is 0 Å². The van der Waals surface area contributed by atoms with Crippen molar-refractivity contribution in [3.05, 3.63) is 36.0 Å². The first-order valence-electron chi connectivity index (χ1n) is 7.69. The van der Waals surface area contributed by atoms with E-state index in [9.17, 15) is 0 Å². The van der Waals surface area contributed by atoms with E-state index in [1.807, 2.05) is 6.07 Å². The van der Waals surface area contributed by atoms with E-state index in [2.05, 4.69) is 53.1 Å². The Bertz CT molecular complexity index is 625. The molecule has 21 heavy (non-hydrogen) atoms. The zero-order chi connectivity index (χ0) is 14.8. The number of likely N-dealkylation sites (tertiary alicyclic amines) is 1. The third-order valence-electron chi connectivity index (χ3n) is 4.52. The third kappa shape index (κ3) is 2.87. The smallest absolute Gasteiger partial charge is 0.0726 e. The Morgan fingerprint density at radius 3 is 2.90 bits per heavy atom. The fourth-order valence-corrected chi connectivity index (χ4v) is 3.26. The van der Waals surface area contributed by atoms with Crippen molar-refractivity contribution in [3.63, 3.8) is 0 Å². The first-order valence-corrected chi connectivity index (χ1v) is 7.69. The number of para-hydroxylation sites is 1. The van der Waals surface area contributed by atoms with Gasteiger partial charge in [0, 0.05) is 37.3 Å². The molecule has 2 heterocycles. The van der Waals surface area contributed by atoms with Gasteiger partial charge in [0.05, 0.1) is 11.2 Å². The number of hydrogen-bond acceptors (Lipinski definition) is 4. The van der Waals surface area contributed by atoms with E-state index in [0.717, 1.165) is 17.8 Å². The van der Waals surface area contributed by atoms with Crippen molar-refractivity contribution in [1.82, 2.24) is 9.88 Å². The fourth-order valence-electron chi connectivity index (χ4n) is 3.26. The van der Waals surface area contributed by atoms with Gasteiger partial charge in [-0.2, -0.15) is 0 Å². The number of anilines is 1. The lowest BCUT2D eigenvalue weighted by molar-refractivity contribution is 0.314. The van der Waals surface area contributed by atoms with Crippen molar-refractivity contribution in [1.29, 1.82) is 0 Å². The number of pyridine rings is 1. The van der Waals surface area contributed by atoms with Crippen LogP contribution in [0.3, 0.4) is 0 Å². The van der Waals surface area contributed by atoms with Gasteiger partial charge in [0.2, 0.25) is 0 Å². The lowest BCUT2D eigenvalue weighted by Crippen LogP contribution is -2.36. The summed E-state index contributed by atoms with van der Waals surface area (Å²) in [6.45, 7) is 2.74. The molecule has 1 atom stereocenters. The maximum absolute atomic E-state index is 5.81. The van der Waals surface area contributed by atoms with Gasteiger partial charge in [-0.05, 0) is 38.6 Å². The van der Waals surface area contributed by atoms with Gasteiger partial charge in [-0.3, -0.25) is 4.98 Å². The second-order valence-corrected chi connectivity index (χ2v) is 6.01. The number of nitrogens with two attached hydrogens (primary N) is 1. The Labute approximate surface area is 126 Å². The van der Waals surface area contributed by atoms with Crippen LogP contribution in [-0.4, -0.2) is 43.1 Å². The summed E-state index contributed by atoms with van der Waals surface area (Å²) < 4.78 is 0. The average molecular weight is 284 g/mol. The molecule has 0 saturated carbocycles. The number of benzene rings is 1. The third-order valence-corrected chi connectivity index (χ3v) is 4.52. The average Bonchev–Trinajstić information content (AvgIpc) is 2.91. The normalized spacial score (nSPS) is 19.3. The number of aromatic nitrogens is 1. The molecule has 1 aromatic carbocycles. The van der Waals surface area contributed by atoms with Crippen LogP contribution in [0.2, 0.25) is 0 Å². The molecule has 1 aromatic heterocycles. The summed E-state index contributed by atoms with van der Waals surface area (Å²) in [5, 5.41) is 1.21. The molecule has 0 aliphatic carbocycles. The van der Waals surface area contributed by atoms with Crippen LogP contribution in [0.5, 0.6) is 0 Å². The highest BCUT2D eigenvalue weighted by molar-refractivity contribution is 5.91. The van der Waals surface area contributed by atoms with Crippen LogP contribution in [0.4, 0.5) is 5.69 Å². The van der Waals surface area contributed by atoms with Gasteiger partial charge in [-0.1, -0.05) is 18.2 Å². The van der Waals surface area contributed by atoms with Gasteiger partial charge in [-0.15, -0.1) is 0 Å². The van der Waals surface area contributed by atoms with Crippen LogP contribution in [0.25, 0.3) is 10.9 Å². The first-order chi connectivity index (χ1) is 10.2. The van der Waals surface area contributed by atoms with Crippen molar-refractivity contribution in [2.75, 3.05) is 32.1 Å². The van der Waals surface area contributed by atoms with Crippen LogP contribution in [0.1, 0.15) is 18.5 Å². The maximum atomic E-state index is 5.81. The quantitative estimate of drug-likeness (QED) is 0.935. The predicted octanol–water partition coefficient (Wildman–Crippen LogP) is 2.22. The minimum atomic E-state index is 0.481. The minimum absolute atomic E-state index is 0.481. The van der Waals surface area contributed by atoms with Gasteiger partial charge < -0.3 is 15.5 Å². The largest absolute Gasteiger partial charge is 0.372 e. The lowest BCUT2D eigenvalue weighted by Gasteiger charge is -2.28. The van der Waals surface area contributed by atoms with Crippen molar-refractivity contribution >= 4 is 16.6 Å². The van der Waals surface area contributed by atoms with Gasteiger partial charge in [0.15, 0.2) is 0 Å². The number of hydrogen-bond donors (Lipinski definition) is 1. The molecule has 0 bridgehead atoms. The molecular weight excluding hydrogens is 260 g/mol. The summed E-state index contributed by atoms with van der Waals surface area (Å²) in [6, 6.07) is 11.1. The number of fused-ring (bicyclic) bond motifs is 1. The molecule has 1 unspecified atom stereocenters. The van der Waals surface area contributed by atoms with Crippen LogP contribution in [0, 0.1) is 0 Å². The Kier molecular flexibility index (Phi) is 4.08. The highest BCUT2D eigenvalue weighted by atomic mass is 15.2. The molecule has 2 aromatic rings. The SMILES string of the molecule is CN(CC1CCCN1C)c1cc(CN)nc2ccccc12. The van der Waals surface area contributed by atoms with Gasteiger partial charge in [0.1, 0.15) is 0 Å². The zero-order valence-electron chi connectivity index (χ0n) is 12.9. The van der Waals surface area contributed by atoms with E-state index in [1.54, 1.807) is 0 Å². The monoisotopic (exact) mass is 284 g/mol. The summed E-state index contributed by atoms with van der Waals surface area (Å²) in [5.74, 6) is 0. The van der Waals surface area contributed by atoms with E-state index in [4.69, 9.17) is 5.73 Å². The molecule has 1 aliphatic rings. The number of likely N-dealkylation sites (N-methyl/N-ethyl adjacent to an activating group) is 2. The van der Waals surface area contributed by atoms with Gasteiger partial charge in [0.25, 0.3) is 0 Å². The molecule has 112 valence electrons. The van der Waals surface area contributed by atoms with Crippen LogP contribution < -0.4 is 10.6 Å². The summed E-state index contributed by atoms with van der Waals surface area (Å²) >= 11 is 0. The fraction of sp³-hybridized carbons (Fsp3) is 0.471. The van der Waals surface area contributed by atoms with Crippen molar-refractivity contribution in [2.24, 2.45) is 5.73 Å². The highest BCUT2D eigenvalue weighted by Gasteiger charge is 2.23. The lowest BCUT2D eigenvalue weighted by atomic mass is 10.1. The van der Waals surface area contributed by atoms with E-state index in [1.165, 1.54) is 30.5 Å². The van der Waals surface area contributed by atoms with Crippen LogP contribution in [0.15, 0.2) is 30.3 Å². The molecular formula is C17H24N4. The van der Waals surface area contributed by atoms with Crippen LogP contribution in [-0.2, 0) is 6.54 Å². The highest BCUT2D eigenvalue weighted by Crippen LogP contribution is 2.27. The predicted molar refractivity (Wildman–Crippen MR) is 88.6 cm³/mol. The summed E-state index contributed by atoms with van der Waals surface area (Å²) in [7, 11) is 4.40. The summed E-state index contributed by atoms with van der Waals surface area (Å²) in [5.41, 5.74) is 9.03. The Hall–Kier alpha value is -1.65. The molecule has 1 fully saturated rings. The van der Waals surface area contributed by atoms with Crippen molar-refractivity contribution in [3.8, 4) is 0 Å². The van der Waals surface area contributed by atoms with E-state index < -0.39 is 0 Å². The molecule has 1 aliphatic heterocycles. The molecule has 4 heteroatoms. The summed E-state index contributed by atoms with van der Waals surface area (Å²) in [4.78, 5) is 9.44. The number of nitrogens with zero attached hydrogens (tertiary/aromatic N) is 3. The molecule has 0 radical (unpaired) electrons. The number of rotatable bonds is 4. The first kappa shape index (κ1) is 14.3. The van der Waals surface area contributed by atoms with Crippen molar-refractivity contribution in [2.45, 2.75) is 25.4 Å². The maximum Gasteiger partial charge on any atom is 0.0726 e. The molecule has 0 amide bonds. The Morgan fingerprint density at radius 1 is 1.38 bits per heavy atom. The molecule has 4 nitrogen and oxygen atoms in total. The van der Waals surface area contributed by atoms with Crippen LogP contribution >= 0.6 is 0 Å². The van der Waals surface area contributed by atoms with Crippen molar-refractivity contribution < 1.29 is 0 Å². The molecule has 0 spiro atoms. The van der Waals surface area contributed by atoms with E-state index in [0.29, 0.717) is 12.6 Å². The topological polar surface area (TPSA) is 45.4 Å². The molecule has 1 saturated heterocycles. The summed E-state index contributed by atoms with van der Waals surface area (Å²) in [6.07, 6.45) is 2.59. The minimum Gasteiger partial charge on any atom is -0.372 e. The Balaban J connectivity index is 1.94. The standard InChI is InChI=1S/C17H24N4/c1-20-9-5-6-14(20)12-21(2)17-10-13(11-18)19-16-8-4-3-7-15(16)17/h3-4,7-8,10,14H,5-6,9,11-12,18H2,1-2H3. The van der Waals surface area contributed by atoms with Gasteiger partial charge in [-0.25, -0.2) is 0 Å². The second kappa shape index (κ2) is 6.00. The molecule has 3 rings (SSSR count).